The van der Waals surface area contributed by atoms with Crippen LogP contribution >= 0.6 is 0 Å². The lowest BCUT2D eigenvalue weighted by Crippen LogP contribution is -2.30. The number of nitrogens with one attached hydrogen (secondary N) is 1. The summed E-state index contributed by atoms with van der Waals surface area (Å²) in [4.78, 5) is 0. The van der Waals surface area contributed by atoms with E-state index in [0.29, 0.717) is 12.5 Å². The minimum Gasteiger partial charge on any atom is -0.314 e. The molecule has 0 atom stereocenters. The van der Waals surface area contributed by atoms with E-state index in [1.807, 2.05) is 0 Å². The SMILES string of the molecule is CN(Cc1ccc(F)cc1)S(=O)(=O)CCCNC1CC1. The van der Waals surface area contributed by atoms with Crippen LogP contribution in [0.15, 0.2) is 24.3 Å². The fourth-order valence-corrected chi connectivity index (χ4v) is 3.12. The number of hydrogen-bond acceptors (Lipinski definition) is 3. The molecule has 1 aliphatic carbocycles. The van der Waals surface area contributed by atoms with Crippen molar-refractivity contribution in [2.45, 2.75) is 31.8 Å². The number of rotatable bonds is 8. The average molecular weight is 300 g/mol. The van der Waals surface area contributed by atoms with Crippen LogP contribution in [0.4, 0.5) is 4.39 Å². The minimum atomic E-state index is -3.25. The largest absolute Gasteiger partial charge is 0.314 e. The van der Waals surface area contributed by atoms with E-state index in [0.717, 1.165) is 12.1 Å². The van der Waals surface area contributed by atoms with Gasteiger partial charge in [-0.15, -0.1) is 0 Å². The molecule has 1 saturated carbocycles. The Morgan fingerprint density at radius 1 is 1.30 bits per heavy atom. The van der Waals surface area contributed by atoms with Crippen LogP contribution in [-0.2, 0) is 16.6 Å². The minimum absolute atomic E-state index is 0.143. The summed E-state index contributed by atoms with van der Waals surface area (Å²) in [6.45, 7) is 1.02. The van der Waals surface area contributed by atoms with Crippen molar-refractivity contribution >= 4 is 10.0 Å². The van der Waals surface area contributed by atoms with Crippen LogP contribution in [0.5, 0.6) is 0 Å². The van der Waals surface area contributed by atoms with E-state index < -0.39 is 10.0 Å². The molecule has 2 rings (SSSR count). The van der Waals surface area contributed by atoms with Crippen molar-refractivity contribution in [2.75, 3.05) is 19.3 Å². The Hall–Kier alpha value is -0.980. The van der Waals surface area contributed by atoms with Crippen molar-refractivity contribution < 1.29 is 12.8 Å². The normalized spacial score (nSPS) is 15.8. The summed E-state index contributed by atoms with van der Waals surface area (Å²) in [5, 5.41) is 3.30. The molecule has 0 bridgehead atoms. The summed E-state index contributed by atoms with van der Waals surface area (Å²) in [7, 11) is -1.68. The second-order valence-electron chi connectivity index (χ2n) is 5.28. The molecule has 1 fully saturated rings. The monoisotopic (exact) mass is 300 g/mol. The zero-order valence-corrected chi connectivity index (χ0v) is 12.5. The summed E-state index contributed by atoms with van der Waals surface area (Å²) in [6.07, 6.45) is 3.03. The van der Waals surface area contributed by atoms with Crippen molar-refractivity contribution in [3.63, 3.8) is 0 Å². The Kier molecular flexibility index (Phi) is 5.12. The topological polar surface area (TPSA) is 49.4 Å². The highest BCUT2D eigenvalue weighted by molar-refractivity contribution is 7.89. The molecule has 1 aromatic carbocycles. The van der Waals surface area contributed by atoms with Crippen molar-refractivity contribution in [1.29, 1.82) is 0 Å². The first-order valence-electron chi connectivity index (χ1n) is 6.89. The predicted molar refractivity (Wildman–Crippen MR) is 77.3 cm³/mol. The standard InChI is InChI=1S/C14H21FN2O2S/c1-17(11-12-3-5-13(15)6-4-12)20(18,19)10-2-9-16-14-7-8-14/h3-6,14,16H,2,7-11H2,1H3. The summed E-state index contributed by atoms with van der Waals surface area (Å²) in [5.41, 5.74) is 0.786. The zero-order valence-electron chi connectivity index (χ0n) is 11.7. The van der Waals surface area contributed by atoms with Gasteiger partial charge in [0.2, 0.25) is 10.0 Å². The second kappa shape index (κ2) is 6.65. The molecule has 0 aliphatic heterocycles. The van der Waals surface area contributed by atoms with Gasteiger partial charge in [-0.3, -0.25) is 0 Å². The summed E-state index contributed by atoms with van der Waals surface area (Å²) in [6, 6.07) is 6.51. The lowest BCUT2D eigenvalue weighted by atomic mass is 10.2. The van der Waals surface area contributed by atoms with Crippen LogP contribution in [0.1, 0.15) is 24.8 Å². The zero-order chi connectivity index (χ0) is 14.6. The van der Waals surface area contributed by atoms with E-state index in [2.05, 4.69) is 5.32 Å². The van der Waals surface area contributed by atoms with E-state index in [1.54, 1.807) is 19.2 Å². The third-order valence-electron chi connectivity index (χ3n) is 3.38. The number of sulfonamides is 1. The highest BCUT2D eigenvalue weighted by Gasteiger charge is 2.21. The van der Waals surface area contributed by atoms with Crippen LogP contribution < -0.4 is 5.32 Å². The number of nitrogens with zero attached hydrogens (tertiary/aromatic N) is 1. The molecule has 1 N–H and O–H groups in total. The van der Waals surface area contributed by atoms with Gasteiger partial charge in [-0.05, 0) is 43.5 Å². The van der Waals surface area contributed by atoms with Gasteiger partial charge in [0.15, 0.2) is 0 Å². The lowest BCUT2D eigenvalue weighted by molar-refractivity contribution is 0.464. The Labute approximate surface area is 120 Å². The van der Waals surface area contributed by atoms with Crippen LogP contribution in [0.3, 0.4) is 0 Å². The summed E-state index contributed by atoms with van der Waals surface area (Å²) >= 11 is 0. The smallest absolute Gasteiger partial charge is 0.214 e. The highest BCUT2D eigenvalue weighted by atomic mass is 32.2. The highest BCUT2D eigenvalue weighted by Crippen LogP contribution is 2.18. The molecule has 1 aromatic rings. The molecule has 1 aliphatic rings. The maximum absolute atomic E-state index is 12.8. The van der Waals surface area contributed by atoms with Gasteiger partial charge in [0, 0.05) is 19.6 Å². The summed E-state index contributed by atoms with van der Waals surface area (Å²) in [5.74, 6) is -0.171. The van der Waals surface area contributed by atoms with Gasteiger partial charge < -0.3 is 5.32 Å². The second-order valence-corrected chi connectivity index (χ2v) is 7.48. The first-order valence-corrected chi connectivity index (χ1v) is 8.50. The van der Waals surface area contributed by atoms with E-state index in [9.17, 15) is 12.8 Å². The average Bonchev–Trinajstić information content (AvgIpc) is 3.21. The molecular weight excluding hydrogens is 279 g/mol. The number of halogens is 1. The van der Waals surface area contributed by atoms with Crippen LogP contribution in [0, 0.1) is 5.82 Å². The Morgan fingerprint density at radius 3 is 2.55 bits per heavy atom. The van der Waals surface area contributed by atoms with Crippen molar-refractivity contribution in [1.82, 2.24) is 9.62 Å². The molecule has 112 valence electrons. The van der Waals surface area contributed by atoms with Gasteiger partial charge in [0.05, 0.1) is 5.75 Å². The van der Waals surface area contributed by atoms with Crippen molar-refractivity contribution in [2.24, 2.45) is 0 Å². The van der Waals surface area contributed by atoms with Crippen LogP contribution in [0.25, 0.3) is 0 Å². The summed E-state index contributed by atoms with van der Waals surface area (Å²) < 4.78 is 38.3. The molecule has 0 unspecified atom stereocenters. The first-order chi connectivity index (χ1) is 9.47. The van der Waals surface area contributed by atoms with Gasteiger partial charge in [-0.2, -0.15) is 0 Å². The molecule has 4 nitrogen and oxygen atoms in total. The molecule has 0 radical (unpaired) electrons. The van der Waals surface area contributed by atoms with Crippen LogP contribution in [-0.4, -0.2) is 38.1 Å². The molecule has 20 heavy (non-hydrogen) atoms. The fourth-order valence-electron chi connectivity index (χ4n) is 1.95. The number of hydrogen-bond donors (Lipinski definition) is 1. The van der Waals surface area contributed by atoms with Gasteiger partial charge in [-0.1, -0.05) is 12.1 Å². The first kappa shape index (κ1) is 15.4. The van der Waals surface area contributed by atoms with Gasteiger partial charge >= 0.3 is 0 Å². The molecular formula is C14H21FN2O2S. The lowest BCUT2D eigenvalue weighted by Gasteiger charge is -2.17. The van der Waals surface area contributed by atoms with E-state index in [4.69, 9.17) is 0 Å². The maximum Gasteiger partial charge on any atom is 0.214 e. The Morgan fingerprint density at radius 2 is 1.95 bits per heavy atom. The maximum atomic E-state index is 12.8. The predicted octanol–water partition coefficient (Wildman–Crippen LogP) is 1.73. The van der Waals surface area contributed by atoms with E-state index in [1.165, 1.54) is 29.3 Å². The van der Waals surface area contributed by atoms with Gasteiger partial charge in [0.1, 0.15) is 5.82 Å². The Bertz CT molecular complexity index is 527. The molecule has 0 aromatic heterocycles. The number of benzene rings is 1. The molecule has 0 spiro atoms. The fraction of sp³-hybridized carbons (Fsp3) is 0.571. The molecule has 0 amide bonds. The van der Waals surface area contributed by atoms with Crippen molar-refractivity contribution in [3.05, 3.63) is 35.6 Å². The third kappa shape index (κ3) is 4.85. The third-order valence-corrected chi connectivity index (χ3v) is 5.27. The van der Waals surface area contributed by atoms with Gasteiger partial charge in [-0.25, -0.2) is 17.1 Å². The molecule has 6 heteroatoms. The van der Waals surface area contributed by atoms with Gasteiger partial charge in [0.25, 0.3) is 0 Å². The molecule has 0 saturated heterocycles. The van der Waals surface area contributed by atoms with Crippen molar-refractivity contribution in [3.8, 4) is 0 Å². The van der Waals surface area contributed by atoms with E-state index >= 15 is 0 Å². The Balaban J connectivity index is 1.79. The quantitative estimate of drug-likeness (QED) is 0.744. The molecule has 0 heterocycles. The van der Waals surface area contributed by atoms with E-state index in [-0.39, 0.29) is 18.1 Å². The van der Waals surface area contributed by atoms with Crippen LogP contribution in [0.2, 0.25) is 0 Å².